The fourth-order valence-electron chi connectivity index (χ4n) is 5.19. The lowest BCUT2D eigenvalue weighted by Gasteiger charge is -2.38. The van der Waals surface area contributed by atoms with Gasteiger partial charge in [-0.1, -0.05) is 73.1 Å². The molecule has 2 fully saturated rings. The third-order valence-electron chi connectivity index (χ3n) is 7.82. The van der Waals surface area contributed by atoms with Crippen LogP contribution < -0.4 is 5.46 Å². The predicted molar refractivity (Wildman–Crippen MR) is 152 cm³/mol. The molecule has 0 aromatic heterocycles. The van der Waals surface area contributed by atoms with Gasteiger partial charge in [-0.25, -0.2) is 4.79 Å². The summed E-state index contributed by atoms with van der Waals surface area (Å²) in [7, 11) is 1.16. The summed E-state index contributed by atoms with van der Waals surface area (Å²) in [6.45, 7) is 14.3. The molecule has 2 aliphatic heterocycles. The van der Waals surface area contributed by atoms with Crippen LogP contribution in [0.2, 0.25) is 0 Å². The first-order valence-electron chi connectivity index (χ1n) is 13.0. The molecule has 204 valence electrons. The molecule has 9 heteroatoms. The SMILES string of the molecule is CN1C(=O)[C@H](Cc2ccc(Br)cc2B2OC(C)(C)C(C)(C)O2)N(C(=O)OCc2ccccc2)[C@H]1C(C)(C)C. The molecule has 0 aliphatic carbocycles. The monoisotopic (exact) mass is 584 g/mol. The van der Waals surface area contributed by atoms with Crippen LogP contribution in [-0.2, 0) is 31.9 Å². The lowest BCUT2D eigenvalue weighted by molar-refractivity contribution is -0.129. The Morgan fingerprint density at radius 1 is 1.05 bits per heavy atom. The summed E-state index contributed by atoms with van der Waals surface area (Å²) in [4.78, 5) is 30.5. The topological polar surface area (TPSA) is 68.3 Å². The third-order valence-corrected chi connectivity index (χ3v) is 8.31. The van der Waals surface area contributed by atoms with Gasteiger partial charge in [-0.2, -0.15) is 0 Å². The van der Waals surface area contributed by atoms with E-state index in [2.05, 4.69) is 15.9 Å². The summed E-state index contributed by atoms with van der Waals surface area (Å²) < 4.78 is 19.3. The Kier molecular flexibility index (Phi) is 7.78. The number of amides is 2. The van der Waals surface area contributed by atoms with E-state index < -0.39 is 36.6 Å². The molecule has 0 radical (unpaired) electrons. The van der Waals surface area contributed by atoms with E-state index in [0.717, 1.165) is 21.1 Å². The van der Waals surface area contributed by atoms with Crippen molar-refractivity contribution in [2.45, 2.75) is 84.9 Å². The second kappa shape index (κ2) is 10.3. The number of halogens is 1. The maximum absolute atomic E-state index is 13.7. The van der Waals surface area contributed by atoms with Crippen LogP contribution in [0.3, 0.4) is 0 Å². The minimum absolute atomic E-state index is 0.121. The first-order chi connectivity index (χ1) is 17.6. The van der Waals surface area contributed by atoms with Gasteiger partial charge in [-0.05, 0) is 56.4 Å². The first-order valence-corrected chi connectivity index (χ1v) is 13.8. The van der Waals surface area contributed by atoms with E-state index in [0.29, 0.717) is 6.42 Å². The van der Waals surface area contributed by atoms with Gasteiger partial charge in [0.1, 0.15) is 18.8 Å². The minimum atomic E-state index is -0.727. The quantitative estimate of drug-likeness (QED) is 0.455. The van der Waals surface area contributed by atoms with E-state index in [-0.39, 0.29) is 17.9 Å². The van der Waals surface area contributed by atoms with E-state index in [4.69, 9.17) is 14.0 Å². The summed E-state index contributed by atoms with van der Waals surface area (Å²) in [5, 5.41) is 0. The molecule has 2 saturated heterocycles. The normalized spacial score (nSPS) is 22.8. The molecule has 2 aromatic rings. The van der Waals surface area contributed by atoms with Crippen LogP contribution in [0.15, 0.2) is 53.0 Å². The number of likely N-dealkylation sites (N-methyl/N-ethyl adjacent to an activating group) is 1. The highest BCUT2D eigenvalue weighted by Gasteiger charge is 2.54. The first kappa shape index (κ1) is 28.6. The second-order valence-corrected chi connectivity index (χ2v) is 13.2. The van der Waals surface area contributed by atoms with Crippen LogP contribution >= 0.6 is 15.9 Å². The number of rotatable bonds is 5. The minimum Gasteiger partial charge on any atom is -0.444 e. The molecule has 2 amide bonds. The smallest absolute Gasteiger partial charge is 0.444 e. The molecule has 2 atom stereocenters. The summed E-state index contributed by atoms with van der Waals surface area (Å²) >= 11 is 3.58. The Hall–Kier alpha value is -2.36. The fraction of sp³-hybridized carbons (Fsp3) is 0.517. The maximum atomic E-state index is 13.7. The zero-order valence-corrected chi connectivity index (χ0v) is 25.2. The lowest BCUT2D eigenvalue weighted by Crippen LogP contribution is -2.51. The highest BCUT2D eigenvalue weighted by Crippen LogP contribution is 2.38. The van der Waals surface area contributed by atoms with E-state index in [9.17, 15) is 9.59 Å². The van der Waals surface area contributed by atoms with Crippen molar-refractivity contribution in [1.29, 1.82) is 0 Å². The molecule has 0 saturated carbocycles. The van der Waals surface area contributed by atoms with E-state index in [1.165, 1.54) is 0 Å². The molecule has 0 spiro atoms. The summed E-state index contributed by atoms with van der Waals surface area (Å²) in [6, 6.07) is 14.7. The zero-order valence-electron chi connectivity index (χ0n) is 23.6. The standard InChI is InChI=1S/C29H38BBrN2O5/c1-27(2,3)25-32(8)24(34)23(33(25)26(35)36-18-19-12-10-9-11-13-19)16-20-14-15-21(31)17-22(20)30-37-28(4,5)29(6,7)38-30/h9-15,17,23,25H,16,18H2,1-8H3/t23-,25-/m0/s1. The molecule has 7 nitrogen and oxygen atoms in total. The number of nitrogens with zero attached hydrogens (tertiary/aromatic N) is 2. The summed E-state index contributed by atoms with van der Waals surface area (Å²) in [5.41, 5.74) is 1.20. The molecule has 0 bridgehead atoms. The highest BCUT2D eigenvalue weighted by atomic mass is 79.9. The predicted octanol–water partition coefficient (Wildman–Crippen LogP) is 5.14. The Labute approximate surface area is 235 Å². The maximum Gasteiger partial charge on any atom is 0.495 e. The van der Waals surface area contributed by atoms with Gasteiger partial charge in [0.05, 0.1) is 11.2 Å². The van der Waals surface area contributed by atoms with Crippen LogP contribution in [0.25, 0.3) is 0 Å². The average Bonchev–Trinajstić information content (AvgIpc) is 3.21. The number of hydrogen-bond acceptors (Lipinski definition) is 5. The van der Waals surface area contributed by atoms with Crippen molar-refractivity contribution in [1.82, 2.24) is 9.80 Å². The van der Waals surface area contributed by atoms with Gasteiger partial charge >= 0.3 is 13.2 Å². The van der Waals surface area contributed by atoms with E-state index in [1.807, 2.05) is 97.0 Å². The molecule has 0 unspecified atom stereocenters. The van der Waals surface area contributed by atoms with Crippen molar-refractivity contribution in [3.63, 3.8) is 0 Å². The number of ether oxygens (including phenoxy) is 1. The van der Waals surface area contributed by atoms with Crippen LogP contribution in [0.4, 0.5) is 4.79 Å². The molecule has 0 N–H and O–H groups in total. The van der Waals surface area contributed by atoms with Crippen LogP contribution in [0.5, 0.6) is 0 Å². The van der Waals surface area contributed by atoms with Crippen molar-refractivity contribution in [3.05, 3.63) is 64.1 Å². The van der Waals surface area contributed by atoms with Gasteiger partial charge in [0.25, 0.3) is 0 Å². The molecular weight excluding hydrogens is 547 g/mol. The summed E-state index contributed by atoms with van der Waals surface area (Å²) in [5.74, 6) is -0.121. The number of carbonyl (C=O) groups excluding carboxylic acids is 2. The second-order valence-electron chi connectivity index (χ2n) is 12.3. The highest BCUT2D eigenvalue weighted by molar-refractivity contribution is 9.10. The third kappa shape index (κ3) is 5.51. The number of carbonyl (C=O) groups is 2. The fourth-order valence-corrected chi connectivity index (χ4v) is 5.56. The van der Waals surface area contributed by atoms with Crippen molar-refractivity contribution >= 4 is 40.5 Å². The van der Waals surface area contributed by atoms with E-state index in [1.54, 1.807) is 16.8 Å². The van der Waals surface area contributed by atoms with Gasteiger partial charge in [0, 0.05) is 23.4 Å². The molecule has 4 rings (SSSR count). The zero-order chi connectivity index (χ0) is 28.0. The molecule has 38 heavy (non-hydrogen) atoms. The van der Waals surface area contributed by atoms with Crippen molar-refractivity contribution < 1.29 is 23.6 Å². The Balaban J connectivity index is 1.67. The van der Waals surface area contributed by atoms with Crippen LogP contribution in [-0.4, -0.2) is 59.4 Å². The summed E-state index contributed by atoms with van der Waals surface area (Å²) in [6.07, 6.45) is -0.659. The molecule has 2 heterocycles. The van der Waals surface area contributed by atoms with Gasteiger partial charge in [0.15, 0.2) is 0 Å². The van der Waals surface area contributed by atoms with Gasteiger partial charge < -0.3 is 18.9 Å². The molecule has 2 aliphatic rings. The number of hydrogen-bond donors (Lipinski definition) is 0. The Morgan fingerprint density at radius 3 is 2.24 bits per heavy atom. The largest absolute Gasteiger partial charge is 0.495 e. The average molecular weight is 585 g/mol. The Morgan fingerprint density at radius 2 is 1.66 bits per heavy atom. The van der Waals surface area contributed by atoms with Gasteiger partial charge in [-0.3, -0.25) is 9.69 Å². The Bertz CT molecular complexity index is 1180. The lowest BCUT2D eigenvalue weighted by atomic mass is 9.74. The molecular formula is C29H38BBrN2O5. The van der Waals surface area contributed by atoms with Crippen molar-refractivity contribution in [2.75, 3.05) is 7.05 Å². The van der Waals surface area contributed by atoms with Gasteiger partial charge in [0.2, 0.25) is 5.91 Å². The molecule has 2 aromatic carbocycles. The van der Waals surface area contributed by atoms with E-state index >= 15 is 0 Å². The van der Waals surface area contributed by atoms with Crippen LogP contribution in [0.1, 0.15) is 59.6 Å². The van der Waals surface area contributed by atoms with Crippen molar-refractivity contribution in [2.24, 2.45) is 5.41 Å². The number of benzene rings is 2. The van der Waals surface area contributed by atoms with Crippen molar-refractivity contribution in [3.8, 4) is 0 Å². The van der Waals surface area contributed by atoms with Gasteiger partial charge in [-0.15, -0.1) is 0 Å². The van der Waals surface area contributed by atoms with Crippen LogP contribution in [0, 0.1) is 5.41 Å².